The van der Waals surface area contributed by atoms with Crippen molar-refractivity contribution < 1.29 is 14.2 Å². The standard InChI is InChI=1S/C21H27FN4O2/c1-2-23-21(26-17-6-8-18(27)9-7-17)25-14-15-3-12-20(24-13-15)28-19-10-4-16(22)5-11-19/h3-5,10-13,17-18,27H,2,6-9,14H2,1H3,(H2,23,25,26). The number of aromatic nitrogens is 1. The molecule has 1 aromatic heterocycles. The summed E-state index contributed by atoms with van der Waals surface area (Å²) in [6.45, 7) is 3.31. The van der Waals surface area contributed by atoms with Crippen molar-refractivity contribution in [1.82, 2.24) is 15.6 Å². The number of benzene rings is 1. The van der Waals surface area contributed by atoms with E-state index in [1.54, 1.807) is 24.4 Å². The third kappa shape index (κ3) is 6.20. The van der Waals surface area contributed by atoms with Gasteiger partial charge in [0.15, 0.2) is 5.96 Å². The number of halogens is 1. The van der Waals surface area contributed by atoms with Gasteiger partial charge in [-0.15, -0.1) is 0 Å². The van der Waals surface area contributed by atoms with E-state index in [4.69, 9.17) is 4.74 Å². The van der Waals surface area contributed by atoms with Crippen LogP contribution in [0.25, 0.3) is 0 Å². The van der Waals surface area contributed by atoms with Gasteiger partial charge >= 0.3 is 0 Å². The molecule has 1 aliphatic carbocycles. The molecular weight excluding hydrogens is 359 g/mol. The lowest BCUT2D eigenvalue weighted by molar-refractivity contribution is 0.120. The smallest absolute Gasteiger partial charge is 0.219 e. The van der Waals surface area contributed by atoms with Crippen molar-refractivity contribution in [3.8, 4) is 11.6 Å². The molecule has 1 aliphatic rings. The first-order valence-electron chi connectivity index (χ1n) is 9.73. The minimum absolute atomic E-state index is 0.167. The molecule has 0 radical (unpaired) electrons. The van der Waals surface area contributed by atoms with E-state index in [1.165, 1.54) is 12.1 Å². The van der Waals surface area contributed by atoms with Crippen LogP contribution in [-0.2, 0) is 6.54 Å². The fraction of sp³-hybridized carbons (Fsp3) is 0.429. The van der Waals surface area contributed by atoms with Gasteiger partial charge in [0.25, 0.3) is 0 Å². The van der Waals surface area contributed by atoms with E-state index >= 15 is 0 Å². The number of ether oxygens (including phenoxy) is 1. The van der Waals surface area contributed by atoms with Gasteiger partial charge in [-0.25, -0.2) is 14.4 Å². The minimum Gasteiger partial charge on any atom is -0.439 e. The van der Waals surface area contributed by atoms with Crippen LogP contribution in [0.2, 0.25) is 0 Å². The molecular formula is C21H27FN4O2. The Bertz CT molecular complexity index is 757. The van der Waals surface area contributed by atoms with Crippen LogP contribution in [0.1, 0.15) is 38.2 Å². The highest BCUT2D eigenvalue weighted by atomic mass is 19.1. The highest BCUT2D eigenvalue weighted by Crippen LogP contribution is 2.20. The quantitative estimate of drug-likeness (QED) is 0.524. The van der Waals surface area contributed by atoms with Gasteiger partial charge in [-0.3, -0.25) is 0 Å². The molecule has 1 aromatic carbocycles. The normalized spacial score (nSPS) is 19.9. The monoisotopic (exact) mass is 386 g/mol. The summed E-state index contributed by atoms with van der Waals surface area (Å²) in [4.78, 5) is 8.92. The lowest BCUT2D eigenvalue weighted by Crippen LogP contribution is -2.45. The predicted octanol–water partition coefficient (Wildman–Crippen LogP) is 3.37. The van der Waals surface area contributed by atoms with Crippen molar-refractivity contribution in [3.63, 3.8) is 0 Å². The lowest BCUT2D eigenvalue weighted by Gasteiger charge is -2.27. The number of hydrogen-bond acceptors (Lipinski definition) is 4. The molecule has 0 saturated heterocycles. The Hall–Kier alpha value is -2.67. The zero-order valence-electron chi connectivity index (χ0n) is 16.1. The molecule has 2 aromatic rings. The van der Waals surface area contributed by atoms with E-state index in [1.807, 2.05) is 13.0 Å². The second-order valence-electron chi connectivity index (χ2n) is 6.91. The van der Waals surface area contributed by atoms with Gasteiger partial charge in [0.2, 0.25) is 5.88 Å². The summed E-state index contributed by atoms with van der Waals surface area (Å²) in [6.07, 6.45) is 5.11. The van der Waals surface area contributed by atoms with Crippen LogP contribution in [0.5, 0.6) is 11.6 Å². The van der Waals surface area contributed by atoms with Crippen LogP contribution in [0.3, 0.4) is 0 Å². The Morgan fingerprint density at radius 2 is 1.93 bits per heavy atom. The predicted molar refractivity (Wildman–Crippen MR) is 107 cm³/mol. The van der Waals surface area contributed by atoms with Gasteiger partial charge in [-0.1, -0.05) is 6.07 Å². The Balaban J connectivity index is 1.55. The summed E-state index contributed by atoms with van der Waals surface area (Å²) >= 11 is 0. The molecule has 28 heavy (non-hydrogen) atoms. The second kappa shape index (κ2) is 10.0. The molecule has 150 valence electrons. The number of pyridine rings is 1. The molecule has 1 saturated carbocycles. The van der Waals surface area contributed by atoms with E-state index < -0.39 is 0 Å². The largest absolute Gasteiger partial charge is 0.439 e. The maximum Gasteiger partial charge on any atom is 0.219 e. The second-order valence-corrected chi connectivity index (χ2v) is 6.91. The molecule has 0 amide bonds. The van der Waals surface area contributed by atoms with Crippen molar-refractivity contribution in [2.45, 2.75) is 51.3 Å². The van der Waals surface area contributed by atoms with E-state index in [0.29, 0.717) is 24.2 Å². The van der Waals surface area contributed by atoms with Crippen LogP contribution in [0, 0.1) is 5.82 Å². The van der Waals surface area contributed by atoms with Gasteiger partial charge in [0.05, 0.1) is 12.6 Å². The maximum atomic E-state index is 12.9. The van der Waals surface area contributed by atoms with Crippen LogP contribution >= 0.6 is 0 Å². The van der Waals surface area contributed by atoms with Crippen LogP contribution in [-0.4, -0.2) is 34.7 Å². The molecule has 1 heterocycles. The van der Waals surface area contributed by atoms with Crippen LogP contribution < -0.4 is 15.4 Å². The van der Waals surface area contributed by atoms with E-state index in [2.05, 4.69) is 20.6 Å². The van der Waals surface area contributed by atoms with E-state index in [9.17, 15) is 9.50 Å². The fourth-order valence-corrected chi connectivity index (χ4v) is 3.09. The number of nitrogens with one attached hydrogen (secondary N) is 2. The van der Waals surface area contributed by atoms with Crippen molar-refractivity contribution in [2.75, 3.05) is 6.54 Å². The number of aliphatic imine (C=N–C) groups is 1. The summed E-state index contributed by atoms with van der Waals surface area (Å²) in [7, 11) is 0. The SMILES string of the molecule is CCNC(=NCc1ccc(Oc2ccc(F)cc2)nc1)NC1CCC(O)CC1. The van der Waals surface area contributed by atoms with Gasteiger partial charge < -0.3 is 20.5 Å². The molecule has 1 fully saturated rings. The molecule has 0 atom stereocenters. The summed E-state index contributed by atoms with van der Waals surface area (Å²) < 4.78 is 18.5. The molecule has 0 aliphatic heterocycles. The van der Waals surface area contributed by atoms with Gasteiger partial charge in [-0.2, -0.15) is 0 Å². The highest BCUT2D eigenvalue weighted by molar-refractivity contribution is 5.80. The molecule has 0 bridgehead atoms. The third-order valence-corrected chi connectivity index (χ3v) is 4.64. The average Bonchev–Trinajstić information content (AvgIpc) is 2.71. The number of hydrogen-bond donors (Lipinski definition) is 3. The molecule has 3 rings (SSSR count). The summed E-state index contributed by atoms with van der Waals surface area (Å²) in [6, 6.07) is 9.85. The van der Waals surface area contributed by atoms with E-state index in [-0.39, 0.29) is 11.9 Å². The number of aliphatic hydroxyl groups is 1. The molecule has 0 unspecified atom stereocenters. The zero-order chi connectivity index (χ0) is 19.8. The first-order chi connectivity index (χ1) is 13.6. The summed E-state index contributed by atoms with van der Waals surface area (Å²) in [5.41, 5.74) is 0.961. The first kappa shape index (κ1) is 20.1. The van der Waals surface area contributed by atoms with Crippen molar-refractivity contribution in [1.29, 1.82) is 0 Å². The van der Waals surface area contributed by atoms with E-state index in [0.717, 1.165) is 43.8 Å². The van der Waals surface area contributed by atoms with Crippen molar-refractivity contribution >= 4 is 5.96 Å². The topological polar surface area (TPSA) is 78.8 Å². The van der Waals surface area contributed by atoms with Crippen molar-refractivity contribution in [3.05, 3.63) is 54.0 Å². The number of nitrogens with zero attached hydrogens (tertiary/aromatic N) is 2. The average molecular weight is 386 g/mol. The number of rotatable bonds is 6. The number of guanidine groups is 1. The first-order valence-corrected chi connectivity index (χ1v) is 9.73. The minimum atomic E-state index is -0.303. The van der Waals surface area contributed by atoms with Gasteiger partial charge in [-0.05, 0) is 62.4 Å². The highest BCUT2D eigenvalue weighted by Gasteiger charge is 2.19. The summed E-state index contributed by atoms with van der Waals surface area (Å²) in [5, 5.41) is 16.3. The summed E-state index contributed by atoms with van der Waals surface area (Å²) in [5.74, 6) is 1.46. The Kier molecular flexibility index (Phi) is 7.19. The molecule has 7 heteroatoms. The van der Waals surface area contributed by atoms with Crippen LogP contribution in [0.4, 0.5) is 4.39 Å². The Labute approximate surface area is 164 Å². The Morgan fingerprint density at radius 1 is 1.18 bits per heavy atom. The molecule has 6 nitrogen and oxygen atoms in total. The van der Waals surface area contributed by atoms with Gasteiger partial charge in [0, 0.05) is 24.8 Å². The lowest BCUT2D eigenvalue weighted by atomic mass is 9.93. The third-order valence-electron chi connectivity index (χ3n) is 4.64. The zero-order valence-corrected chi connectivity index (χ0v) is 16.1. The van der Waals surface area contributed by atoms with Crippen LogP contribution in [0.15, 0.2) is 47.6 Å². The fourth-order valence-electron chi connectivity index (χ4n) is 3.09. The Morgan fingerprint density at radius 3 is 2.57 bits per heavy atom. The van der Waals surface area contributed by atoms with Crippen molar-refractivity contribution in [2.24, 2.45) is 4.99 Å². The number of aliphatic hydroxyl groups excluding tert-OH is 1. The van der Waals surface area contributed by atoms with Gasteiger partial charge in [0.1, 0.15) is 11.6 Å². The maximum absolute atomic E-state index is 12.9. The molecule has 0 spiro atoms. The molecule has 3 N–H and O–H groups in total.